The zero-order chi connectivity index (χ0) is 27.5. The van der Waals surface area contributed by atoms with Gasteiger partial charge in [-0.2, -0.15) is 0 Å². The van der Waals surface area contributed by atoms with Gasteiger partial charge in [0.05, 0.1) is 35.0 Å². The summed E-state index contributed by atoms with van der Waals surface area (Å²) in [5.74, 6) is 0.697. The number of amides is 1. The number of rotatable bonds is 8. The maximum absolute atomic E-state index is 13.8. The minimum atomic E-state index is -0.358. The minimum Gasteiger partial charge on any atom is -0.491 e. The normalized spacial score (nSPS) is 14.7. The molecule has 1 atom stereocenters. The standard InChI is InChI=1S/C32H34N2O4S/c1-5-16-37-32(36)29-24-15-10-20(4)17-28(24)39-31(29)34-30(35)25-18-27(33-26-9-7-6-8-23(25)26)21-11-13-22(14-12-21)38-19(2)3/h6-9,11-14,18-20H,5,10,15-17H2,1-4H3,(H,34,35)/t20-/m0/s1. The maximum Gasteiger partial charge on any atom is 0.341 e. The number of pyridine rings is 1. The average Bonchev–Trinajstić information content (AvgIpc) is 3.27. The number of hydrogen-bond donors (Lipinski definition) is 1. The Bertz CT molecular complexity index is 1510. The van der Waals surface area contributed by atoms with Gasteiger partial charge in [-0.1, -0.05) is 32.0 Å². The Labute approximate surface area is 233 Å². The van der Waals surface area contributed by atoms with Crippen LogP contribution in [0.15, 0.2) is 54.6 Å². The number of esters is 1. The third-order valence-corrected chi connectivity index (χ3v) is 8.03. The third kappa shape index (κ3) is 5.83. The van der Waals surface area contributed by atoms with Crippen LogP contribution in [0.4, 0.5) is 5.00 Å². The van der Waals surface area contributed by atoms with Crippen LogP contribution >= 0.6 is 11.3 Å². The van der Waals surface area contributed by atoms with Crippen molar-refractivity contribution in [3.63, 3.8) is 0 Å². The van der Waals surface area contributed by atoms with E-state index < -0.39 is 0 Å². The Morgan fingerprint density at radius 1 is 1.13 bits per heavy atom. The van der Waals surface area contributed by atoms with Crippen molar-refractivity contribution >= 4 is 39.1 Å². The summed E-state index contributed by atoms with van der Waals surface area (Å²) in [6.45, 7) is 8.53. The highest BCUT2D eigenvalue weighted by molar-refractivity contribution is 7.17. The second-order valence-electron chi connectivity index (χ2n) is 10.4. The molecule has 0 spiro atoms. The molecule has 0 saturated heterocycles. The second-order valence-corrected chi connectivity index (χ2v) is 11.5. The Balaban J connectivity index is 1.52. The fourth-order valence-electron chi connectivity index (χ4n) is 4.98. The molecular weight excluding hydrogens is 508 g/mol. The minimum absolute atomic E-state index is 0.0835. The number of nitrogens with one attached hydrogen (secondary N) is 1. The highest BCUT2D eigenvalue weighted by Crippen LogP contribution is 2.40. The summed E-state index contributed by atoms with van der Waals surface area (Å²) in [6.07, 6.45) is 3.57. The quantitative estimate of drug-likeness (QED) is 0.231. The zero-order valence-corrected chi connectivity index (χ0v) is 23.7. The molecule has 0 saturated carbocycles. The van der Waals surface area contributed by atoms with Crippen LogP contribution in [0, 0.1) is 5.92 Å². The number of aromatic nitrogens is 1. The molecule has 6 nitrogen and oxygen atoms in total. The van der Waals surface area contributed by atoms with Gasteiger partial charge in [0.25, 0.3) is 5.91 Å². The predicted molar refractivity (Wildman–Crippen MR) is 157 cm³/mol. The highest BCUT2D eigenvalue weighted by Gasteiger charge is 2.29. The number of ether oxygens (including phenoxy) is 2. The summed E-state index contributed by atoms with van der Waals surface area (Å²) in [7, 11) is 0. The summed E-state index contributed by atoms with van der Waals surface area (Å²) in [5.41, 5.74) is 4.35. The second kappa shape index (κ2) is 11.6. The van der Waals surface area contributed by atoms with E-state index in [0.29, 0.717) is 34.3 Å². The topological polar surface area (TPSA) is 77.5 Å². The lowest BCUT2D eigenvalue weighted by Gasteiger charge is -2.18. The van der Waals surface area contributed by atoms with Crippen LogP contribution in [0.2, 0.25) is 0 Å². The van der Waals surface area contributed by atoms with E-state index >= 15 is 0 Å². The van der Waals surface area contributed by atoms with Crippen LogP contribution in [0.5, 0.6) is 5.75 Å². The average molecular weight is 543 g/mol. The first-order chi connectivity index (χ1) is 18.8. The van der Waals surface area contributed by atoms with Gasteiger partial charge in [0.15, 0.2) is 0 Å². The molecule has 4 aromatic rings. The molecule has 2 heterocycles. The molecule has 0 aliphatic heterocycles. The van der Waals surface area contributed by atoms with Crippen molar-refractivity contribution in [1.82, 2.24) is 4.98 Å². The zero-order valence-electron chi connectivity index (χ0n) is 22.9. The number of carbonyl (C=O) groups excluding carboxylic acids is 2. The summed E-state index contributed by atoms with van der Waals surface area (Å²) in [4.78, 5) is 33.0. The van der Waals surface area contributed by atoms with Gasteiger partial charge in [0.1, 0.15) is 10.8 Å². The lowest BCUT2D eigenvalue weighted by atomic mass is 9.88. The number of anilines is 1. The van der Waals surface area contributed by atoms with Gasteiger partial charge in [-0.3, -0.25) is 4.79 Å². The molecular formula is C32H34N2O4S. The molecule has 0 fully saturated rings. The van der Waals surface area contributed by atoms with Crippen molar-refractivity contribution in [2.24, 2.45) is 5.92 Å². The van der Waals surface area contributed by atoms with Gasteiger partial charge in [-0.25, -0.2) is 9.78 Å². The van der Waals surface area contributed by atoms with Gasteiger partial charge >= 0.3 is 5.97 Å². The van der Waals surface area contributed by atoms with Crippen molar-refractivity contribution in [2.75, 3.05) is 11.9 Å². The van der Waals surface area contributed by atoms with E-state index in [9.17, 15) is 9.59 Å². The summed E-state index contributed by atoms with van der Waals surface area (Å²) in [5, 5.41) is 4.41. The van der Waals surface area contributed by atoms with Crippen LogP contribution in [0.25, 0.3) is 22.2 Å². The number of fused-ring (bicyclic) bond motifs is 2. The Morgan fingerprint density at radius 2 is 1.90 bits per heavy atom. The maximum atomic E-state index is 13.8. The van der Waals surface area contributed by atoms with Crippen LogP contribution in [-0.2, 0) is 17.6 Å². The lowest BCUT2D eigenvalue weighted by Crippen LogP contribution is -2.17. The van der Waals surface area contributed by atoms with E-state index in [4.69, 9.17) is 14.5 Å². The van der Waals surface area contributed by atoms with Crippen molar-refractivity contribution in [2.45, 2.75) is 59.5 Å². The fourth-order valence-corrected chi connectivity index (χ4v) is 6.37. The molecule has 0 unspecified atom stereocenters. The van der Waals surface area contributed by atoms with Crippen LogP contribution in [-0.4, -0.2) is 29.6 Å². The van der Waals surface area contributed by atoms with E-state index in [1.54, 1.807) is 0 Å². The molecule has 5 rings (SSSR count). The Kier molecular flexibility index (Phi) is 7.98. The first-order valence-electron chi connectivity index (χ1n) is 13.6. The van der Waals surface area contributed by atoms with E-state index in [1.165, 1.54) is 11.3 Å². The van der Waals surface area contributed by atoms with Crippen LogP contribution in [0.3, 0.4) is 0 Å². The first kappa shape index (κ1) is 26.9. The number of thiophene rings is 1. The Morgan fingerprint density at radius 3 is 2.64 bits per heavy atom. The molecule has 2 aromatic heterocycles. The van der Waals surface area contributed by atoms with Crippen molar-refractivity contribution in [3.8, 4) is 17.0 Å². The third-order valence-electron chi connectivity index (χ3n) is 6.86. The summed E-state index contributed by atoms with van der Waals surface area (Å²) >= 11 is 1.50. The molecule has 0 bridgehead atoms. The first-order valence-corrected chi connectivity index (χ1v) is 14.5. The molecule has 7 heteroatoms. The SMILES string of the molecule is CCCOC(=O)c1c(NC(=O)c2cc(-c3ccc(OC(C)C)cc3)nc3ccccc23)sc2c1CC[C@H](C)C2. The van der Waals surface area contributed by atoms with Crippen LogP contribution in [0.1, 0.15) is 71.7 Å². The number of carbonyl (C=O) groups is 2. The van der Waals surface area contributed by atoms with Crippen LogP contribution < -0.4 is 10.1 Å². The number of nitrogens with zero attached hydrogens (tertiary/aromatic N) is 1. The smallest absolute Gasteiger partial charge is 0.341 e. The van der Waals surface area contributed by atoms with E-state index in [2.05, 4.69) is 12.2 Å². The molecule has 202 valence electrons. The predicted octanol–water partition coefficient (Wildman–Crippen LogP) is 7.69. The summed E-state index contributed by atoms with van der Waals surface area (Å²) in [6, 6.07) is 17.2. The summed E-state index contributed by atoms with van der Waals surface area (Å²) < 4.78 is 11.3. The molecule has 0 radical (unpaired) electrons. The van der Waals surface area contributed by atoms with Crippen molar-refractivity contribution in [3.05, 3.63) is 76.2 Å². The van der Waals surface area contributed by atoms with Gasteiger partial charge in [0.2, 0.25) is 0 Å². The van der Waals surface area contributed by atoms with Crippen molar-refractivity contribution < 1.29 is 19.1 Å². The lowest BCUT2D eigenvalue weighted by molar-refractivity contribution is 0.0505. The van der Waals surface area contributed by atoms with Gasteiger partial charge in [-0.05, 0) is 87.4 Å². The van der Waals surface area contributed by atoms with E-state index in [-0.39, 0.29) is 18.0 Å². The number of benzene rings is 2. The molecule has 1 aliphatic carbocycles. The highest BCUT2D eigenvalue weighted by atomic mass is 32.1. The molecule has 39 heavy (non-hydrogen) atoms. The van der Waals surface area contributed by atoms with Crippen molar-refractivity contribution in [1.29, 1.82) is 0 Å². The number of hydrogen-bond acceptors (Lipinski definition) is 6. The number of para-hydroxylation sites is 1. The molecule has 1 N–H and O–H groups in total. The molecule has 1 aliphatic rings. The monoisotopic (exact) mass is 542 g/mol. The molecule has 2 aromatic carbocycles. The van der Waals surface area contributed by atoms with E-state index in [0.717, 1.165) is 58.3 Å². The fraction of sp³-hybridized carbons (Fsp3) is 0.344. The van der Waals surface area contributed by atoms with Gasteiger partial charge in [0, 0.05) is 15.8 Å². The Hall–Kier alpha value is -3.71. The van der Waals surface area contributed by atoms with E-state index in [1.807, 2.05) is 75.4 Å². The van der Waals surface area contributed by atoms with Gasteiger partial charge in [-0.15, -0.1) is 11.3 Å². The molecule has 1 amide bonds. The largest absolute Gasteiger partial charge is 0.491 e. The van der Waals surface area contributed by atoms with Gasteiger partial charge < -0.3 is 14.8 Å².